The van der Waals surface area contributed by atoms with Gasteiger partial charge in [-0.25, -0.2) is 0 Å². The molecule has 0 N–H and O–H groups in total. The summed E-state index contributed by atoms with van der Waals surface area (Å²) in [6.45, 7) is 5.70. The van der Waals surface area contributed by atoms with Crippen LogP contribution in [0.3, 0.4) is 0 Å². The van der Waals surface area contributed by atoms with Crippen LogP contribution in [-0.4, -0.2) is 75.3 Å². The van der Waals surface area contributed by atoms with Crippen LogP contribution in [0.4, 0.5) is 17.2 Å². The van der Waals surface area contributed by atoms with Crippen LogP contribution in [0.5, 0.6) is 0 Å². The van der Waals surface area contributed by atoms with Gasteiger partial charge in [-0.3, -0.25) is 0 Å². The van der Waals surface area contributed by atoms with E-state index in [2.05, 4.69) is 56.1 Å². The Kier molecular flexibility index (Phi) is 6.22. The number of hydrogen-bond acceptors (Lipinski definition) is 5. The standard InChI is InChI=1S/C19H27AsN4O/c1-22(13-14-25-2)19-8-7-18(15-21-19)24-11-9-23(10-12-24)17-5-3-16(20)4-6-17/h3-8,15H,9-14,20H2,1-2H3. The van der Waals surface area contributed by atoms with Crippen LogP contribution < -0.4 is 19.1 Å². The Bertz CT molecular complexity index is 654. The van der Waals surface area contributed by atoms with E-state index in [-0.39, 0.29) is 0 Å². The molecule has 6 heteroatoms. The first kappa shape index (κ1) is 18.1. The van der Waals surface area contributed by atoms with E-state index < -0.39 is 0 Å². The van der Waals surface area contributed by atoms with Crippen molar-refractivity contribution < 1.29 is 4.74 Å². The van der Waals surface area contributed by atoms with Gasteiger partial charge in [0.15, 0.2) is 0 Å². The van der Waals surface area contributed by atoms with Crippen LogP contribution in [0.25, 0.3) is 0 Å². The summed E-state index contributed by atoms with van der Waals surface area (Å²) >= 11 is 1.67. The molecule has 1 aromatic heterocycles. The van der Waals surface area contributed by atoms with E-state index in [1.165, 1.54) is 15.7 Å². The summed E-state index contributed by atoms with van der Waals surface area (Å²) in [7, 11) is 3.77. The fourth-order valence-electron chi connectivity index (χ4n) is 3.04. The quantitative estimate of drug-likeness (QED) is 0.666. The number of methoxy groups -OCH3 is 1. The monoisotopic (exact) mass is 402 g/mol. The Labute approximate surface area is 159 Å². The van der Waals surface area contributed by atoms with Gasteiger partial charge in [-0.1, -0.05) is 0 Å². The molecule has 25 heavy (non-hydrogen) atoms. The number of hydrogen-bond donors (Lipinski definition) is 0. The van der Waals surface area contributed by atoms with Gasteiger partial charge >= 0.3 is 122 Å². The predicted octanol–water partition coefficient (Wildman–Crippen LogP) is 0.749. The summed E-state index contributed by atoms with van der Waals surface area (Å²) in [4.78, 5) is 11.6. The Balaban J connectivity index is 1.56. The predicted molar refractivity (Wildman–Crippen MR) is 108 cm³/mol. The van der Waals surface area contributed by atoms with E-state index in [1.54, 1.807) is 24.0 Å². The first-order valence-corrected chi connectivity index (χ1v) is 9.90. The molecule has 5 nitrogen and oxygen atoms in total. The molecule has 1 atom stereocenters. The van der Waals surface area contributed by atoms with Crippen molar-refractivity contribution in [1.29, 1.82) is 0 Å². The molecule has 1 saturated heterocycles. The molecule has 1 aliphatic rings. The number of piperazine rings is 1. The Morgan fingerprint density at radius 3 is 2.16 bits per heavy atom. The Hall–Kier alpha value is -1.71. The van der Waals surface area contributed by atoms with Gasteiger partial charge < -0.3 is 9.64 Å². The first-order chi connectivity index (χ1) is 12.2. The van der Waals surface area contributed by atoms with E-state index in [0.717, 1.165) is 38.5 Å². The van der Waals surface area contributed by atoms with E-state index >= 15 is 0 Å². The number of ether oxygens (including phenoxy) is 1. The van der Waals surface area contributed by atoms with Crippen molar-refractivity contribution in [3.63, 3.8) is 0 Å². The van der Waals surface area contributed by atoms with Crippen molar-refractivity contribution in [2.45, 2.75) is 0 Å². The van der Waals surface area contributed by atoms with E-state index in [0.29, 0.717) is 6.61 Å². The molecule has 0 aliphatic carbocycles. The second kappa shape index (κ2) is 8.59. The van der Waals surface area contributed by atoms with Crippen LogP contribution in [0.15, 0.2) is 42.6 Å². The molecule has 0 amide bonds. The zero-order valence-corrected chi connectivity index (χ0v) is 17.5. The number of benzene rings is 1. The fraction of sp³-hybridized carbons (Fsp3) is 0.421. The topological polar surface area (TPSA) is 31.8 Å². The van der Waals surface area contributed by atoms with Crippen molar-refractivity contribution in [3.05, 3.63) is 42.6 Å². The van der Waals surface area contributed by atoms with Crippen LogP contribution in [0.1, 0.15) is 0 Å². The van der Waals surface area contributed by atoms with Crippen molar-refractivity contribution in [2.24, 2.45) is 0 Å². The number of anilines is 3. The van der Waals surface area contributed by atoms with Gasteiger partial charge in [0.2, 0.25) is 0 Å². The normalized spacial score (nSPS) is 14.7. The van der Waals surface area contributed by atoms with E-state index in [1.807, 2.05) is 13.2 Å². The van der Waals surface area contributed by atoms with Crippen molar-refractivity contribution in [2.75, 3.05) is 68.2 Å². The van der Waals surface area contributed by atoms with Crippen molar-refractivity contribution in [1.82, 2.24) is 4.98 Å². The third kappa shape index (κ3) is 4.68. The molecule has 0 spiro atoms. The molecule has 1 fully saturated rings. The molecule has 1 aliphatic heterocycles. The molecule has 1 aromatic carbocycles. The van der Waals surface area contributed by atoms with Crippen molar-refractivity contribution >= 4 is 38.4 Å². The molecule has 0 radical (unpaired) electrons. The minimum absolute atomic E-state index is 0.710. The average Bonchev–Trinajstić information content (AvgIpc) is 2.67. The van der Waals surface area contributed by atoms with Gasteiger partial charge in [-0.05, 0) is 0 Å². The fourth-order valence-corrected chi connectivity index (χ4v) is 3.45. The van der Waals surface area contributed by atoms with Crippen LogP contribution in [0, 0.1) is 0 Å². The molecule has 0 bridgehead atoms. The number of rotatable bonds is 6. The SMILES string of the molecule is COCCN(C)c1ccc(N2CCN(c3ccc([AsH2])cc3)CC2)cn1. The van der Waals surface area contributed by atoms with E-state index in [4.69, 9.17) is 4.74 Å². The van der Waals surface area contributed by atoms with Crippen molar-refractivity contribution in [3.8, 4) is 0 Å². The van der Waals surface area contributed by atoms with Crippen LogP contribution in [0.2, 0.25) is 0 Å². The zero-order valence-electron chi connectivity index (χ0n) is 15.1. The van der Waals surface area contributed by atoms with Crippen LogP contribution >= 0.6 is 0 Å². The summed E-state index contributed by atoms with van der Waals surface area (Å²) in [5.74, 6) is 0.987. The number of aromatic nitrogens is 1. The van der Waals surface area contributed by atoms with Gasteiger partial charge in [0.05, 0.1) is 6.61 Å². The molecule has 2 heterocycles. The first-order valence-electron chi connectivity index (χ1n) is 8.69. The summed E-state index contributed by atoms with van der Waals surface area (Å²) in [6, 6.07) is 13.2. The van der Waals surface area contributed by atoms with E-state index in [9.17, 15) is 0 Å². The zero-order chi connectivity index (χ0) is 17.6. The van der Waals surface area contributed by atoms with Gasteiger partial charge in [-0.2, -0.15) is 0 Å². The average molecular weight is 402 g/mol. The van der Waals surface area contributed by atoms with Gasteiger partial charge in [0.1, 0.15) is 0 Å². The maximum absolute atomic E-state index is 5.12. The molecule has 2 aromatic rings. The summed E-state index contributed by atoms with van der Waals surface area (Å²) < 4.78 is 6.50. The van der Waals surface area contributed by atoms with Gasteiger partial charge in [0, 0.05) is 20.7 Å². The number of pyridine rings is 1. The summed E-state index contributed by atoms with van der Waals surface area (Å²) in [5, 5.41) is 0. The Morgan fingerprint density at radius 1 is 1.00 bits per heavy atom. The third-order valence-electron chi connectivity index (χ3n) is 4.66. The third-order valence-corrected chi connectivity index (χ3v) is 5.46. The molecular weight excluding hydrogens is 375 g/mol. The van der Waals surface area contributed by atoms with Crippen LogP contribution in [-0.2, 0) is 4.74 Å². The minimum atomic E-state index is 0.710. The molecular formula is C19H27AsN4O. The second-order valence-electron chi connectivity index (χ2n) is 6.35. The number of nitrogens with zero attached hydrogens (tertiary/aromatic N) is 4. The van der Waals surface area contributed by atoms with Gasteiger partial charge in [0.25, 0.3) is 0 Å². The summed E-state index contributed by atoms with van der Waals surface area (Å²) in [6.07, 6.45) is 1.99. The molecule has 3 rings (SSSR count). The molecule has 1 unspecified atom stereocenters. The maximum atomic E-state index is 5.12. The molecule has 0 saturated carbocycles. The van der Waals surface area contributed by atoms with Gasteiger partial charge in [-0.15, -0.1) is 0 Å². The second-order valence-corrected chi connectivity index (χ2v) is 7.75. The summed E-state index contributed by atoms with van der Waals surface area (Å²) in [5.41, 5.74) is 2.53. The number of likely N-dealkylation sites (N-methyl/N-ethyl adjacent to an activating group) is 1. The Morgan fingerprint density at radius 2 is 1.60 bits per heavy atom. The molecule has 134 valence electrons.